The quantitative estimate of drug-likeness (QED) is 0.371. The summed E-state index contributed by atoms with van der Waals surface area (Å²) in [7, 11) is 0. The van der Waals surface area contributed by atoms with Crippen molar-refractivity contribution in [2.75, 3.05) is 11.9 Å². The van der Waals surface area contributed by atoms with Gasteiger partial charge in [-0.05, 0) is 72.1 Å². The molecule has 0 aliphatic carbocycles. The maximum atomic E-state index is 14.4. The lowest BCUT2D eigenvalue weighted by atomic mass is 9.59. The van der Waals surface area contributed by atoms with Crippen LogP contribution >= 0.6 is 23.2 Å². The number of alkyl halides is 3. The Kier molecular flexibility index (Phi) is 5.62. The van der Waals surface area contributed by atoms with Crippen molar-refractivity contribution < 1.29 is 22.4 Å². The summed E-state index contributed by atoms with van der Waals surface area (Å²) in [5.74, 6) is -1.84. The molecule has 0 radical (unpaired) electrons. The number of nitrogens with one attached hydrogen (secondary N) is 2. The van der Waals surface area contributed by atoms with Gasteiger partial charge < -0.3 is 10.6 Å². The lowest BCUT2D eigenvalue weighted by Crippen LogP contribution is -2.55. The van der Waals surface area contributed by atoms with Crippen LogP contribution in [0.4, 0.5) is 23.2 Å². The second-order valence-electron chi connectivity index (χ2n) is 8.53. The zero-order valence-electron chi connectivity index (χ0n) is 17.5. The molecule has 0 unspecified atom stereocenters. The minimum absolute atomic E-state index is 0.313. The number of piperidine rings is 1. The topological polar surface area (TPSA) is 41.1 Å². The first-order valence-electron chi connectivity index (χ1n) is 10.6. The van der Waals surface area contributed by atoms with E-state index in [0.29, 0.717) is 39.8 Å². The molecule has 34 heavy (non-hydrogen) atoms. The third kappa shape index (κ3) is 3.58. The molecule has 5 rings (SSSR count). The van der Waals surface area contributed by atoms with Crippen molar-refractivity contribution in [2.24, 2.45) is 0 Å². The first kappa shape index (κ1) is 23.1. The second-order valence-corrected chi connectivity index (χ2v) is 9.40. The minimum atomic E-state index is -4.74. The molecule has 3 atom stereocenters. The molecule has 9 heteroatoms. The number of fused-ring (bicyclic) bond motifs is 2. The fourth-order valence-electron chi connectivity index (χ4n) is 5.46. The van der Waals surface area contributed by atoms with Gasteiger partial charge in [0.1, 0.15) is 11.2 Å². The van der Waals surface area contributed by atoms with Crippen molar-refractivity contribution >= 4 is 34.8 Å². The Balaban J connectivity index is 1.82. The Hall–Kier alpha value is -2.61. The average molecular weight is 509 g/mol. The van der Waals surface area contributed by atoms with E-state index in [1.54, 1.807) is 42.5 Å². The number of halogens is 6. The summed E-state index contributed by atoms with van der Waals surface area (Å²) in [5, 5.41) is 6.75. The molecule has 176 valence electrons. The average Bonchev–Trinajstić information content (AvgIpc) is 3.04. The summed E-state index contributed by atoms with van der Waals surface area (Å²) in [6.07, 6.45) is -4.30. The highest BCUT2D eigenvalue weighted by atomic mass is 35.5. The molecule has 2 aliphatic rings. The van der Waals surface area contributed by atoms with Crippen LogP contribution in [0.25, 0.3) is 0 Å². The van der Waals surface area contributed by atoms with E-state index >= 15 is 0 Å². The van der Waals surface area contributed by atoms with Crippen molar-refractivity contribution in [3.63, 3.8) is 0 Å². The smallest absolute Gasteiger partial charge is 0.325 e. The first-order chi connectivity index (χ1) is 16.1. The van der Waals surface area contributed by atoms with Crippen LogP contribution in [-0.4, -0.2) is 12.5 Å². The van der Waals surface area contributed by atoms with Gasteiger partial charge >= 0.3 is 6.18 Å². The van der Waals surface area contributed by atoms with Crippen LogP contribution in [0.15, 0.2) is 60.7 Å². The molecule has 0 aromatic heterocycles. The van der Waals surface area contributed by atoms with Gasteiger partial charge in [-0.2, -0.15) is 13.2 Å². The maximum absolute atomic E-state index is 14.4. The predicted octanol–water partition coefficient (Wildman–Crippen LogP) is 6.86. The number of rotatable bonds is 2. The Morgan fingerprint density at radius 2 is 1.74 bits per heavy atom. The zero-order valence-corrected chi connectivity index (χ0v) is 19.0. The minimum Gasteiger partial charge on any atom is -0.325 e. The predicted molar refractivity (Wildman–Crippen MR) is 123 cm³/mol. The molecule has 3 aromatic carbocycles. The molecule has 0 saturated carbocycles. The van der Waals surface area contributed by atoms with Gasteiger partial charge in [-0.1, -0.05) is 41.4 Å². The number of benzene rings is 3. The monoisotopic (exact) mass is 508 g/mol. The summed E-state index contributed by atoms with van der Waals surface area (Å²) in [4.78, 5) is 13.8. The van der Waals surface area contributed by atoms with Gasteiger partial charge in [-0.3, -0.25) is 4.79 Å². The molecule has 2 heterocycles. The lowest BCUT2D eigenvalue weighted by Gasteiger charge is -2.47. The van der Waals surface area contributed by atoms with E-state index in [9.17, 15) is 22.4 Å². The number of anilines is 1. The van der Waals surface area contributed by atoms with Gasteiger partial charge in [0, 0.05) is 21.7 Å². The van der Waals surface area contributed by atoms with Gasteiger partial charge in [0.15, 0.2) is 0 Å². The van der Waals surface area contributed by atoms with Crippen LogP contribution in [0.2, 0.25) is 10.0 Å². The van der Waals surface area contributed by atoms with Gasteiger partial charge in [0.2, 0.25) is 5.91 Å². The van der Waals surface area contributed by atoms with Crippen LogP contribution in [0.3, 0.4) is 0 Å². The number of hydrogen-bond donors (Lipinski definition) is 2. The third-order valence-electron chi connectivity index (χ3n) is 6.72. The molecule has 1 saturated heterocycles. The Labute approximate surface area is 203 Å². The van der Waals surface area contributed by atoms with E-state index in [0.717, 1.165) is 18.2 Å². The van der Waals surface area contributed by atoms with Crippen LogP contribution in [0.5, 0.6) is 0 Å². The van der Waals surface area contributed by atoms with Crippen LogP contribution < -0.4 is 10.6 Å². The van der Waals surface area contributed by atoms with E-state index in [1.165, 1.54) is 0 Å². The largest absolute Gasteiger partial charge is 0.416 e. The number of hydrogen-bond acceptors (Lipinski definition) is 2. The first-order valence-corrected chi connectivity index (χ1v) is 11.3. The molecule has 2 aliphatic heterocycles. The van der Waals surface area contributed by atoms with Gasteiger partial charge in [0.05, 0.1) is 11.6 Å². The molecule has 1 amide bonds. The van der Waals surface area contributed by atoms with Crippen molar-refractivity contribution in [2.45, 2.75) is 30.0 Å². The normalized spacial score (nSPS) is 24.2. The molecule has 3 aromatic rings. The summed E-state index contributed by atoms with van der Waals surface area (Å²) in [6.45, 7) is 0.313. The summed E-state index contributed by atoms with van der Waals surface area (Å²) >= 11 is 12.4. The van der Waals surface area contributed by atoms with Crippen LogP contribution in [0, 0.1) is 5.82 Å². The fraction of sp³-hybridized carbons (Fsp3) is 0.240. The van der Waals surface area contributed by atoms with E-state index in [2.05, 4.69) is 10.6 Å². The lowest BCUT2D eigenvalue weighted by molar-refractivity contribution is -0.139. The number of amides is 1. The summed E-state index contributed by atoms with van der Waals surface area (Å²) < 4.78 is 56.5. The van der Waals surface area contributed by atoms with Crippen molar-refractivity contribution in [1.82, 2.24) is 5.32 Å². The molecule has 2 N–H and O–H groups in total. The summed E-state index contributed by atoms with van der Waals surface area (Å²) in [6, 6.07) is 13.0. The highest BCUT2D eigenvalue weighted by Gasteiger charge is 2.60. The van der Waals surface area contributed by atoms with E-state index in [1.807, 2.05) is 0 Å². The molecule has 0 bridgehead atoms. The molecule has 3 nitrogen and oxygen atoms in total. The van der Waals surface area contributed by atoms with Gasteiger partial charge in [-0.25, -0.2) is 4.39 Å². The SMILES string of the molecule is O=C1Nc2cc(Cl)ccc2[C@]12[C@@H](c1cc(F)ccc1C(F)(F)F)NCC[C@H]2c1cccc(Cl)c1. The van der Waals surface area contributed by atoms with Gasteiger partial charge in [-0.15, -0.1) is 0 Å². The van der Waals surface area contributed by atoms with Gasteiger partial charge in [0.25, 0.3) is 0 Å². The third-order valence-corrected chi connectivity index (χ3v) is 7.19. The second kappa shape index (κ2) is 8.26. The number of carbonyl (C=O) groups is 1. The molecule has 1 fully saturated rings. The highest BCUT2D eigenvalue weighted by Crippen LogP contribution is 2.58. The molecule has 1 spiro atoms. The molecular weight excluding hydrogens is 491 g/mol. The van der Waals surface area contributed by atoms with E-state index in [-0.39, 0.29) is 5.56 Å². The van der Waals surface area contributed by atoms with Crippen molar-refractivity contribution in [3.8, 4) is 0 Å². The Morgan fingerprint density at radius 3 is 2.47 bits per heavy atom. The van der Waals surface area contributed by atoms with Crippen molar-refractivity contribution in [1.29, 1.82) is 0 Å². The Morgan fingerprint density at radius 1 is 0.971 bits per heavy atom. The highest BCUT2D eigenvalue weighted by molar-refractivity contribution is 6.31. The fourth-order valence-corrected chi connectivity index (χ4v) is 5.83. The zero-order chi connectivity index (χ0) is 24.3. The maximum Gasteiger partial charge on any atom is 0.416 e. The van der Waals surface area contributed by atoms with Crippen molar-refractivity contribution in [3.05, 3.63) is 98.8 Å². The standard InChI is InChI=1S/C25H18Cl2F4N2O/c26-14-3-1-2-13(10-14)18-8-9-32-22(17-12-16(28)5-7-19(17)25(29,30)31)24(18)20-6-4-15(27)11-21(20)33-23(24)34/h1-7,10-12,18,22,32H,8-9H2,(H,33,34)/t18-,22+,24+/m0/s1. The van der Waals surface area contributed by atoms with Crippen LogP contribution in [-0.2, 0) is 16.4 Å². The number of carbonyl (C=O) groups excluding carboxylic acids is 1. The van der Waals surface area contributed by atoms with Crippen LogP contribution in [0.1, 0.15) is 40.6 Å². The molecular formula is C25H18Cl2F4N2O. The Bertz CT molecular complexity index is 1300. The summed E-state index contributed by atoms with van der Waals surface area (Å²) in [5.41, 5.74) is -1.19. The van der Waals surface area contributed by atoms with E-state index < -0.39 is 40.8 Å². The van der Waals surface area contributed by atoms with E-state index in [4.69, 9.17) is 23.2 Å².